The summed E-state index contributed by atoms with van der Waals surface area (Å²) in [4.78, 5) is 13.3. The van der Waals surface area contributed by atoms with Gasteiger partial charge in [-0.2, -0.15) is 4.39 Å². The second kappa shape index (κ2) is 2.74. The molecule has 1 aromatic carbocycles. The summed E-state index contributed by atoms with van der Waals surface area (Å²) in [5.41, 5.74) is 0.259. The summed E-state index contributed by atoms with van der Waals surface area (Å²) in [6, 6.07) is 4.09. The molecule has 66 valence electrons. The molecule has 1 heterocycles. The van der Waals surface area contributed by atoms with Crippen LogP contribution in [-0.4, -0.2) is 9.91 Å². The molecule has 13 heavy (non-hydrogen) atoms. The molecule has 0 saturated carbocycles. The minimum Gasteiger partial charge on any atom is -0.258 e. The average molecular weight is 198 g/mol. The Labute approximate surface area is 75.8 Å². The fourth-order valence-electron chi connectivity index (χ4n) is 1.00. The highest BCUT2D eigenvalue weighted by atomic mass is 32.1. The molecule has 0 N–H and O–H groups in total. The van der Waals surface area contributed by atoms with E-state index in [1.165, 1.54) is 18.2 Å². The molecule has 2 rings (SSSR count). The van der Waals surface area contributed by atoms with E-state index in [2.05, 4.69) is 4.98 Å². The molecule has 1 aromatic heterocycles. The van der Waals surface area contributed by atoms with E-state index < -0.39 is 10.2 Å². The number of thiazole rings is 1. The van der Waals surface area contributed by atoms with Gasteiger partial charge in [-0.25, -0.2) is 4.98 Å². The van der Waals surface area contributed by atoms with Gasteiger partial charge in [0.2, 0.25) is 0 Å². The number of nitrogens with zero attached hydrogens (tertiary/aromatic N) is 2. The number of non-ortho nitro benzene ring substituents is 1. The van der Waals surface area contributed by atoms with E-state index in [0.29, 0.717) is 10.2 Å². The van der Waals surface area contributed by atoms with Gasteiger partial charge in [-0.05, 0) is 6.07 Å². The van der Waals surface area contributed by atoms with Crippen molar-refractivity contribution in [3.05, 3.63) is 33.6 Å². The largest absolute Gasteiger partial charge is 0.271 e. The Hall–Kier alpha value is -1.56. The Morgan fingerprint density at radius 3 is 3.00 bits per heavy atom. The van der Waals surface area contributed by atoms with Crippen molar-refractivity contribution in [3.8, 4) is 0 Å². The molecule has 0 spiro atoms. The van der Waals surface area contributed by atoms with Gasteiger partial charge in [-0.1, -0.05) is 11.3 Å². The third-order valence-electron chi connectivity index (χ3n) is 1.56. The van der Waals surface area contributed by atoms with Gasteiger partial charge >= 0.3 is 0 Å². The third kappa shape index (κ3) is 1.35. The highest BCUT2D eigenvalue weighted by Gasteiger charge is 2.09. The van der Waals surface area contributed by atoms with Crippen LogP contribution in [0.5, 0.6) is 0 Å². The predicted molar refractivity (Wildman–Crippen MR) is 46.2 cm³/mol. The molecular formula is C7H3FN2O2S. The normalized spacial score (nSPS) is 10.5. The monoisotopic (exact) mass is 198 g/mol. The van der Waals surface area contributed by atoms with Gasteiger partial charge in [-0.3, -0.25) is 10.1 Å². The van der Waals surface area contributed by atoms with Crippen molar-refractivity contribution < 1.29 is 9.31 Å². The minimum atomic E-state index is -0.574. The molecule has 6 heteroatoms. The van der Waals surface area contributed by atoms with Crippen molar-refractivity contribution >= 4 is 27.2 Å². The SMILES string of the molecule is O=[N+]([O-])c1ccc2sc(F)nc2c1. The second-order valence-electron chi connectivity index (χ2n) is 2.38. The summed E-state index contributed by atoms with van der Waals surface area (Å²) >= 11 is 0.872. The van der Waals surface area contributed by atoms with Crippen LogP contribution in [-0.2, 0) is 0 Å². The zero-order valence-corrected chi connectivity index (χ0v) is 7.05. The summed E-state index contributed by atoms with van der Waals surface area (Å²) in [6.07, 6.45) is 0. The Kier molecular flexibility index (Phi) is 1.70. The van der Waals surface area contributed by atoms with Crippen LogP contribution in [0.15, 0.2) is 18.2 Å². The Morgan fingerprint density at radius 1 is 1.54 bits per heavy atom. The fourth-order valence-corrected chi connectivity index (χ4v) is 1.67. The molecule has 4 nitrogen and oxygen atoms in total. The molecule has 0 unspecified atom stereocenters. The van der Waals surface area contributed by atoms with E-state index in [4.69, 9.17) is 0 Å². The van der Waals surface area contributed by atoms with Crippen LogP contribution in [0.3, 0.4) is 0 Å². The van der Waals surface area contributed by atoms with Crippen molar-refractivity contribution in [2.24, 2.45) is 0 Å². The van der Waals surface area contributed by atoms with Crippen LogP contribution in [0.2, 0.25) is 0 Å². The van der Waals surface area contributed by atoms with E-state index in [9.17, 15) is 14.5 Å². The van der Waals surface area contributed by atoms with Gasteiger partial charge in [0.05, 0.1) is 15.1 Å². The molecule has 2 aromatic rings. The van der Waals surface area contributed by atoms with Gasteiger partial charge < -0.3 is 0 Å². The lowest BCUT2D eigenvalue weighted by Gasteiger charge is -1.88. The fraction of sp³-hybridized carbons (Fsp3) is 0. The smallest absolute Gasteiger partial charge is 0.258 e. The summed E-state index contributed by atoms with van der Waals surface area (Å²) in [5, 5.41) is 9.77. The van der Waals surface area contributed by atoms with Crippen molar-refractivity contribution in [3.63, 3.8) is 0 Å². The van der Waals surface area contributed by atoms with Crippen molar-refractivity contribution in [1.29, 1.82) is 0 Å². The molecule has 0 bridgehead atoms. The molecule has 0 aliphatic heterocycles. The number of halogens is 1. The van der Waals surface area contributed by atoms with Crippen molar-refractivity contribution in [2.45, 2.75) is 0 Å². The van der Waals surface area contributed by atoms with E-state index >= 15 is 0 Å². The highest BCUT2D eigenvalue weighted by molar-refractivity contribution is 7.17. The quantitative estimate of drug-likeness (QED) is 0.522. The molecule has 0 aliphatic carbocycles. The maximum absolute atomic E-state index is 12.6. The average Bonchev–Trinajstić information content (AvgIpc) is 2.42. The third-order valence-corrected chi connectivity index (χ3v) is 2.38. The summed E-state index contributed by atoms with van der Waals surface area (Å²) in [5.74, 6) is 0. The minimum absolute atomic E-state index is 0.0715. The number of benzene rings is 1. The lowest BCUT2D eigenvalue weighted by atomic mass is 10.3. The van der Waals surface area contributed by atoms with Crippen LogP contribution in [0.4, 0.5) is 10.1 Å². The standard InChI is InChI=1S/C7H3FN2O2S/c8-7-9-5-3-4(10(11)12)1-2-6(5)13-7/h1-3H. The molecular weight excluding hydrogens is 195 g/mol. The van der Waals surface area contributed by atoms with E-state index in [1.807, 2.05) is 0 Å². The van der Waals surface area contributed by atoms with Gasteiger partial charge in [0.25, 0.3) is 10.9 Å². The lowest BCUT2D eigenvalue weighted by molar-refractivity contribution is -0.384. The van der Waals surface area contributed by atoms with Crippen LogP contribution in [0.1, 0.15) is 0 Å². The van der Waals surface area contributed by atoms with Gasteiger partial charge in [0.1, 0.15) is 0 Å². The number of hydrogen-bond acceptors (Lipinski definition) is 4. The van der Waals surface area contributed by atoms with Gasteiger partial charge in [-0.15, -0.1) is 0 Å². The zero-order chi connectivity index (χ0) is 9.42. The van der Waals surface area contributed by atoms with Crippen LogP contribution < -0.4 is 0 Å². The topological polar surface area (TPSA) is 56.0 Å². The van der Waals surface area contributed by atoms with Crippen LogP contribution in [0, 0.1) is 15.4 Å². The molecule has 0 radical (unpaired) electrons. The molecule has 0 aliphatic rings. The number of fused-ring (bicyclic) bond motifs is 1. The number of hydrogen-bond donors (Lipinski definition) is 0. The lowest BCUT2D eigenvalue weighted by Crippen LogP contribution is -1.86. The summed E-state index contributed by atoms with van der Waals surface area (Å²) < 4.78 is 13.2. The van der Waals surface area contributed by atoms with E-state index in [0.717, 1.165) is 11.3 Å². The first-order valence-electron chi connectivity index (χ1n) is 3.37. The Balaban J connectivity index is 2.67. The predicted octanol–water partition coefficient (Wildman–Crippen LogP) is 2.34. The number of aromatic nitrogens is 1. The highest BCUT2D eigenvalue weighted by Crippen LogP contribution is 2.24. The summed E-state index contributed by atoms with van der Waals surface area (Å²) in [6.45, 7) is 0. The van der Waals surface area contributed by atoms with Crippen LogP contribution >= 0.6 is 11.3 Å². The maximum atomic E-state index is 12.6. The summed E-state index contributed by atoms with van der Waals surface area (Å²) in [7, 11) is 0. The zero-order valence-electron chi connectivity index (χ0n) is 6.23. The van der Waals surface area contributed by atoms with E-state index in [1.54, 1.807) is 0 Å². The Morgan fingerprint density at radius 2 is 2.31 bits per heavy atom. The van der Waals surface area contributed by atoms with Gasteiger partial charge in [0, 0.05) is 12.1 Å². The van der Waals surface area contributed by atoms with Crippen molar-refractivity contribution in [2.75, 3.05) is 0 Å². The molecule has 0 amide bonds. The first kappa shape index (κ1) is 8.06. The van der Waals surface area contributed by atoms with Crippen LogP contribution in [0.25, 0.3) is 10.2 Å². The van der Waals surface area contributed by atoms with Gasteiger partial charge in [0.15, 0.2) is 0 Å². The molecule has 0 saturated heterocycles. The second-order valence-corrected chi connectivity index (χ2v) is 3.36. The van der Waals surface area contributed by atoms with Crippen molar-refractivity contribution in [1.82, 2.24) is 4.98 Å². The first-order valence-corrected chi connectivity index (χ1v) is 4.19. The maximum Gasteiger partial charge on any atom is 0.271 e. The Bertz CT molecular complexity index is 482. The number of nitro groups is 1. The molecule has 0 fully saturated rings. The van der Waals surface area contributed by atoms with E-state index in [-0.39, 0.29) is 5.69 Å². The molecule has 0 atom stereocenters. The number of nitro benzene ring substituents is 1. The number of rotatable bonds is 1. The first-order chi connectivity index (χ1) is 6.16.